The minimum absolute atomic E-state index is 0.0818. The van der Waals surface area contributed by atoms with Crippen LogP contribution in [0.1, 0.15) is 18.4 Å². The molecule has 96 valence electrons. The number of amides is 1. The molecule has 1 unspecified atom stereocenters. The quantitative estimate of drug-likeness (QED) is 0.655. The summed E-state index contributed by atoms with van der Waals surface area (Å²) in [6, 6.07) is 3.47. The van der Waals surface area contributed by atoms with Crippen LogP contribution in [0.2, 0.25) is 5.15 Å². The van der Waals surface area contributed by atoms with Crippen LogP contribution >= 0.6 is 11.6 Å². The Balaban J connectivity index is 1.98. The lowest BCUT2D eigenvalue weighted by Gasteiger charge is -2.29. The normalized spacial score (nSPS) is 20.3. The smallest absolute Gasteiger partial charge is 0.246 e. The van der Waals surface area contributed by atoms with Crippen LogP contribution < -0.4 is 0 Å². The van der Waals surface area contributed by atoms with Gasteiger partial charge in [0.05, 0.1) is 6.10 Å². The maximum atomic E-state index is 11.9. The van der Waals surface area contributed by atoms with Gasteiger partial charge in [0.15, 0.2) is 0 Å². The second kappa shape index (κ2) is 5.98. The Labute approximate surface area is 111 Å². The summed E-state index contributed by atoms with van der Waals surface area (Å²) in [6.07, 6.45) is 6.03. The van der Waals surface area contributed by atoms with Gasteiger partial charge >= 0.3 is 0 Å². The van der Waals surface area contributed by atoms with Gasteiger partial charge in [0, 0.05) is 25.4 Å². The van der Waals surface area contributed by atoms with Gasteiger partial charge in [0.25, 0.3) is 0 Å². The van der Waals surface area contributed by atoms with Crippen molar-refractivity contribution >= 4 is 23.6 Å². The molecule has 2 heterocycles. The Morgan fingerprint density at radius 2 is 2.44 bits per heavy atom. The highest BCUT2D eigenvalue weighted by molar-refractivity contribution is 6.29. The zero-order valence-electron chi connectivity index (χ0n) is 9.92. The molecule has 0 spiro atoms. The number of carbonyl (C=O) groups is 1. The van der Waals surface area contributed by atoms with Gasteiger partial charge < -0.3 is 10.0 Å². The number of rotatable bonds is 2. The molecule has 1 atom stereocenters. The minimum atomic E-state index is -0.397. The Morgan fingerprint density at radius 3 is 3.17 bits per heavy atom. The van der Waals surface area contributed by atoms with E-state index in [4.69, 9.17) is 11.6 Å². The van der Waals surface area contributed by atoms with E-state index in [0.717, 1.165) is 18.4 Å². The molecule has 2 rings (SSSR count). The first kappa shape index (κ1) is 13.1. The molecule has 1 fully saturated rings. The van der Waals surface area contributed by atoms with Crippen molar-refractivity contribution in [1.82, 2.24) is 9.88 Å². The van der Waals surface area contributed by atoms with E-state index < -0.39 is 6.10 Å². The van der Waals surface area contributed by atoms with Crippen molar-refractivity contribution in [2.75, 3.05) is 13.1 Å². The van der Waals surface area contributed by atoms with Gasteiger partial charge in [0.2, 0.25) is 5.91 Å². The lowest BCUT2D eigenvalue weighted by atomic mass is 10.1. The fourth-order valence-electron chi connectivity index (χ4n) is 1.95. The minimum Gasteiger partial charge on any atom is -0.391 e. The number of piperidine rings is 1. The molecule has 5 heteroatoms. The highest BCUT2D eigenvalue weighted by Gasteiger charge is 2.20. The van der Waals surface area contributed by atoms with Crippen LogP contribution in [-0.4, -0.2) is 40.1 Å². The van der Waals surface area contributed by atoms with E-state index in [1.54, 1.807) is 29.3 Å². The largest absolute Gasteiger partial charge is 0.391 e. The summed E-state index contributed by atoms with van der Waals surface area (Å²) in [4.78, 5) is 17.4. The Hall–Kier alpha value is -1.39. The van der Waals surface area contributed by atoms with Gasteiger partial charge in [-0.05, 0) is 36.6 Å². The molecule has 0 saturated carbocycles. The average Bonchev–Trinajstić information content (AvgIpc) is 2.36. The average molecular weight is 267 g/mol. The molecule has 0 radical (unpaired) electrons. The van der Waals surface area contributed by atoms with Crippen LogP contribution in [0.4, 0.5) is 0 Å². The van der Waals surface area contributed by atoms with E-state index >= 15 is 0 Å². The number of halogens is 1. The summed E-state index contributed by atoms with van der Waals surface area (Å²) >= 11 is 5.75. The number of hydrogen-bond donors (Lipinski definition) is 1. The first-order valence-corrected chi connectivity index (χ1v) is 6.29. The first-order valence-electron chi connectivity index (χ1n) is 5.92. The highest BCUT2D eigenvalue weighted by Crippen LogP contribution is 2.12. The molecule has 1 aromatic rings. The molecule has 1 amide bonds. The van der Waals surface area contributed by atoms with Crippen molar-refractivity contribution in [3.05, 3.63) is 35.1 Å². The topological polar surface area (TPSA) is 53.4 Å². The number of β-amino-alcohol motifs (C(OH)–C–C–N with tert-alkyl or cyclic N) is 1. The van der Waals surface area contributed by atoms with E-state index in [1.807, 2.05) is 0 Å². The molecular formula is C13H15ClN2O2. The van der Waals surface area contributed by atoms with Gasteiger partial charge in [0.1, 0.15) is 5.15 Å². The molecule has 1 saturated heterocycles. The molecule has 0 aromatic carbocycles. The SMILES string of the molecule is O=C(/C=C/c1ccnc(Cl)c1)N1CCCC(O)C1. The maximum Gasteiger partial charge on any atom is 0.246 e. The van der Waals surface area contributed by atoms with Gasteiger partial charge in [-0.25, -0.2) is 4.98 Å². The lowest BCUT2D eigenvalue weighted by Crippen LogP contribution is -2.41. The summed E-state index contributed by atoms with van der Waals surface area (Å²) in [6.45, 7) is 1.12. The fourth-order valence-corrected chi connectivity index (χ4v) is 2.13. The van der Waals surface area contributed by atoms with E-state index in [2.05, 4.69) is 4.98 Å². The molecule has 1 N–H and O–H groups in total. The van der Waals surface area contributed by atoms with Crippen LogP contribution in [-0.2, 0) is 4.79 Å². The number of likely N-dealkylation sites (tertiary alicyclic amines) is 1. The number of nitrogens with zero attached hydrogens (tertiary/aromatic N) is 2. The van der Waals surface area contributed by atoms with Crippen LogP contribution in [0.15, 0.2) is 24.4 Å². The standard InChI is InChI=1S/C13H15ClN2O2/c14-12-8-10(5-6-15-12)3-4-13(18)16-7-1-2-11(17)9-16/h3-6,8,11,17H,1-2,7,9H2/b4-3+. The third-order valence-corrected chi connectivity index (χ3v) is 3.08. The van der Waals surface area contributed by atoms with Gasteiger partial charge in [-0.3, -0.25) is 4.79 Å². The van der Waals surface area contributed by atoms with Crippen LogP contribution in [0, 0.1) is 0 Å². The van der Waals surface area contributed by atoms with Crippen molar-refractivity contribution in [1.29, 1.82) is 0 Å². The Morgan fingerprint density at radius 1 is 1.61 bits per heavy atom. The van der Waals surface area contributed by atoms with E-state index in [1.165, 1.54) is 6.08 Å². The molecule has 0 bridgehead atoms. The summed E-state index contributed by atoms with van der Waals surface area (Å²) in [5.74, 6) is -0.0818. The molecule has 18 heavy (non-hydrogen) atoms. The molecule has 0 aliphatic carbocycles. The Bertz CT molecular complexity index is 462. The van der Waals surface area contributed by atoms with Gasteiger partial charge in [-0.1, -0.05) is 11.6 Å². The number of aromatic nitrogens is 1. The Kier molecular flexibility index (Phi) is 4.33. The first-order chi connectivity index (χ1) is 8.65. The molecular weight excluding hydrogens is 252 g/mol. The van der Waals surface area contributed by atoms with Gasteiger partial charge in [-0.15, -0.1) is 0 Å². The van der Waals surface area contributed by atoms with Gasteiger partial charge in [-0.2, -0.15) is 0 Å². The summed E-state index contributed by atoms with van der Waals surface area (Å²) in [5.41, 5.74) is 0.834. The van der Waals surface area contributed by atoms with E-state index in [-0.39, 0.29) is 5.91 Å². The zero-order chi connectivity index (χ0) is 13.0. The van der Waals surface area contributed by atoms with Crippen molar-refractivity contribution in [2.24, 2.45) is 0 Å². The summed E-state index contributed by atoms with van der Waals surface area (Å²) < 4.78 is 0. The lowest BCUT2D eigenvalue weighted by molar-refractivity contribution is -0.128. The zero-order valence-corrected chi connectivity index (χ0v) is 10.7. The number of aliphatic hydroxyl groups excluding tert-OH is 1. The van der Waals surface area contributed by atoms with E-state index in [0.29, 0.717) is 18.2 Å². The number of pyridine rings is 1. The molecule has 1 aliphatic heterocycles. The number of carbonyl (C=O) groups excluding carboxylic acids is 1. The van der Waals surface area contributed by atoms with Crippen molar-refractivity contribution in [3.8, 4) is 0 Å². The third kappa shape index (κ3) is 3.55. The van der Waals surface area contributed by atoms with Crippen molar-refractivity contribution in [2.45, 2.75) is 18.9 Å². The van der Waals surface area contributed by atoms with Crippen LogP contribution in [0.5, 0.6) is 0 Å². The maximum absolute atomic E-state index is 11.9. The molecule has 4 nitrogen and oxygen atoms in total. The summed E-state index contributed by atoms with van der Waals surface area (Å²) in [5, 5.41) is 9.91. The summed E-state index contributed by atoms with van der Waals surface area (Å²) in [7, 11) is 0. The molecule has 1 aliphatic rings. The van der Waals surface area contributed by atoms with Crippen LogP contribution in [0.3, 0.4) is 0 Å². The number of aliphatic hydroxyl groups is 1. The van der Waals surface area contributed by atoms with E-state index in [9.17, 15) is 9.90 Å². The number of hydrogen-bond acceptors (Lipinski definition) is 3. The fraction of sp³-hybridized carbons (Fsp3) is 0.385. The third-order valence-electron chi connectivity index (χ3n) is 2.88. The van der Waals surface area contributed by atoms with Crippen molar-refractivity contribution < 1.29 is 9.90 Å². The second-order valence-electron chi connectivity index (χ2n) is 4.33. The highest BCUT2D eigenvalue weighted by atomic mass is 35.5. The molecule has 1 aromatic heterocycles. The van der Waals surface area contributed by atoms with Crippen LogP contribution in [0.25, 0.3) is 6.08 Å². The predicted molar refractivity (Wildman–Crippen MR) is 70.1 cm³/mol. The predicted octanol–water partition coefficient (Wildman–Crippen LogP) is 1.73. The second-order valence-corrected chi connectivity index (χ2v) is 4.71. The monoisotopic (exact) mass is 266 g/mol. The van der Waals surface area contributed by atoms with Crippen molar-refractivity contribution in [3.63, 3.8) is 0 Å².